The van der Waals surface area contributed by atoms with E-state index in [9.17, 15) is 32.3 Å². The fourth-order valence-electron chi connectivity index (χ4n) is 4.48. The van der Waals surface area contributed by atoms with Crippen LogP contribution in [-0.4, -0.2) is 39.5 Å². The monoisotopic (exact) mass is 505 g/mol. The number of thioether (sulfide) groups is 1. The highest BCUT2D eigenvalue weighted by Crippen LogP contribution is 2.43. The Bertz CT molecular complexity index is 1390. The van der Waals surface area contributed by atoms with E-state index < -0.39 is 53.5 Å². The van der Waals surface area contributed by atoms with Crippen molar-refractivity contribution >= 4 is 17.7 Å². The second-order valence-corrected chi connectivity index (χ2v) is 9.38. The van der Waals surface area contributed by atoms with Crippen LogP contribution in [0.3, 0.4) is 0 Å². The van der Waals surface area contributed by atoms with Crippen molar-refractivity contribution in [2.75, 3.05) is 11.7 Å². The first-order valence-corrected chi connectivity index (χ1v) is 11.7. The number of rotatable bonds is 2. The molecule has 0 fully saturated rings. The van der Waals surface area contributed by atoms with Gasteiger partial charge in [-0.05, 0) is 41.8 Å². The van der Waals surface area contributed by atoms with Gasteiger partial charge in [-0.25, -0.2) is 4.39 Å². The van der Waals surface area contributed by atoms with Crippen LogP contribution in [0.1, 0.15) is 40.1 Å². The lowest BCUT2D eigenvalue weighted by molar-refractivity contribution is -0.173. The van der Waals surface area contributed by atoms with Crippen LogP contribution in [0.5, 0.6) is 5.75 Å². The molecule has 11 heteroatoms. The Morgan fingerprint density at radius 1 is 1.09 bits per heavy atom. The van der Waals surface area contributed by atoms with Crippen LogP contribution in [-0.2, 0) is 5.75 Å². The number of hydrogen-bond acceptors (Lipinski definition) is 5. The van der Waals surface area contributed by atoms with Crippen molar-refractivity contribution in [3.8, 4) is 5.75 Å². The summed E-state index contributed by atoms with van der Waals surface area (Å²) in [5.74, 6) is -2.05. The molecule has 0 saturated carbocycles. The Kier molecular flexibility index (Phi) is 5.54. The predicted molar refractivity (Wildman–Crippen MR) is 121 cm³/mol. The standard InChI is InChI=1S/C24H19F4N3O3S/c1-13(24(26,27)28)29-12-31(30-9-8-18(32)22(33)21(30)23(29)34)20-16-5-3-2-4-14(16)11-35-19-7-6-15(25)10-17(19)20/h2-10,13,20,33H,11-12H2,1H3/t13-,20?/m1/s1. The number of benzene rings is 2. The number of pyridine rings is 1. The van der Waals surface area contributed by atoms with Gasteiger partial charge < -0.3 is 10.0 Å². The van der Waals surface area contributed by atoms with Crippen LogP contribution >= 0.6 is 11.8 Å². The van der Waals surface area contributed by atoms with Crippen LogP contribution in [0.25, 0.3) is 0 Å². The summed E-state index contributed by atoms with van der Waals surface area (Å²) in [7, 11) is 0. The molecule has 0 radical (unpaired) electrons. The topological polar surface area (TPSA) is 65.8 Å². The van der Waals surface area contributed by atoms with Crippen molar-refractivity contribution < 1.29 is 27.5 Å². The number of hydrogen-bond donors (Lipinski definition) is 1. The Labute approximate surface area is 201 Å². The molecule has 35 heavy (non-hydrogen) atoms. The quantitative estimate of drug-likeness (QED) is 0.524. The van der Waals surface area contributed by atoms with E-state index >= 15 is 0 Å². The average Bonchev–Trinajstić information content (AvgIpc) is 2.97. The summed E-state index contributed by atoms with van der Waals surface area (Å²) in [5, 5.41) is 11.9. The molecule has 1 amide bonds. The molecule has 0 saturated heterocycles. The fourth-order valence-corrected chi connectivity index (χ4v) is 5.55. The van der Waals surface area contributed by atoms with Crippen LogP contribution in [0, 0.1) is 5.82 Å². The SMILES string of the molecule is C[C@@H](N1CN(C2c3ccccc3CSc3ccc(F)cc32)n2ccc(=O)c(O)c2C1=O)C(F)(F)F. The first-order chi connectivity index (χ1) is 16.6. The number of fused-ring (bicyclic) bond motifs is 3. The molecule has 6 nitrogen and oxygen atoms in total. The number of aromatic nitrogens is 1. The highest BCUT2D eigenvalue weighted by molar-refractivity contribution is 7.98. The van der Waals surface area contributed by atoms with Crippen LogP contribution in [0.2, 0.25) is 0 Å². The maximum absolute atomic E-state index is 14.5. The van der Waals surface area contributed by atoms with Gasteiger partial charge in [0, 0.05) is 22.9 Å². The highest BCUT2D eigenvalue weighted by Gasteiger charge is 2.47. The van der Waals surface area contributed by atoms with Crippen molar-refractivity contribution in [1.82, 2.24) is 9.58 Å². The third-order valence-corrected chi connectivity index (χ3v) is 7.47. The molecule has 3 aromatic rings. The van der Waals surface area contributed by atoms with E-state index in [-0.39, 0.29) is 0 Å². The van der Waals surface area contributed by atoms with Crippen molar-refractivity contribution in [1.29, 1.82) is 0 Å². The molecule has 2 aliphatic rings. The molecule has 0 spiro atoms. The lowest BCUT2D eigenvalue weighted by atomic mass is 9.94. The summed E-state index contributed by atoms with van der Waals surface area (Å²) in [4.78, 5) is 26.6. The van der Waals surface area contributed by atoms with Gasteiger partial charge in [0.15, 0.2) is 11.4 Å². The van der Waals surface area contributed by atoms with Gasteiger partial charge in [-0.3, -0.25) is 19.3 Å². The molecule has 5 rings (SSSR count). The van der Waals surface area contributed by atoms with E-state index in [1.54, 1.807) is 18.2 Å². The molecule has 2 aliphatic heterocycles. The third kappa shape index (κ3) is 3.83. The van der Waals surface area contributed by atoms with Crippen molar-refractivity contribution in [2.24, 2.45) is 0 Å². The molecular formula is C24H19F4N3O3S. The van der Waals surface area contributed by atoms with E-state index in [2.05, 4.69) is 0 Å². The lowest BCUT2D eigenvalue weighted by Gasteiger charge is -2.46. The Morgan fingerprint density at radius 2 is 1.83 bits per heavy atom. The maximum atomic E-state index is 14.5. The highest BCUT2D eigenvalue weighted by atomic mass is 32.2. The van der Waals surface area contributed by atoms with Gasteiger partial charge in [0.25, 0.3) is 5.91 Å². The number of carbonyl (C=O) groups is 1. The molecule has 2 aromatic carbocycles. The zero-order valence-corrected chi connectivity index (χ0v) is 19.1. The molecule has 3 heterocycles. The normalized spacial score (nSPS) is 18.4. The van der Waals surface area contributed by atoms with E-state index in [4.69, 9.17) is 0 Å². The summed E-state index contributed by atoms with van der Waals surface area (Å²) in [6, 6.07) is 9.56. The van der Waals surface area contributed by atoms with E-state index in [0.717, 1.165) is 23.4 Å². The summed E-state index contributed by atoms with van der Waals surface area (Å²) < 4.78 is 56.8. The minimum absolute atomic E-state index is 0.498. The maximum Gasteiger partial charge on any atom is 0.408 e. The molecule has 1 N–H and O–H groups in total. The Balaban J connectivity index is 1.79. The van der Waals surface area contributed by atoms with E-state index in [1.807, 2.05) is 12.1 Å². The zero-order chi connectivity index (χ0) is 25.1. The fraction of sp³-hybridized carbons (Fsp3) is 0.250. The van der Waals surface area contributed by atoms with Gasteiger partial charge >= 0.3 is 6.18 Å². The second kappa shape index (κ2) is 8.33. The van der Waals surface area contributed by atoms with Gasteiger partial charge in [-0.2, -0.15) is 13.2 Å². The minimum atomic E-state index is -4.75. The molecule has 1 unspecified atom stereocenters. The second-order valence-electron chi connectivity index (χ2n) is 8.37. The van der Waals surface area contributed by atoms with Crippen molar-refractivity contribution in [3.05, 3.63) is 93.2 Å². The van der Waals surface area contributed by atoms with Gasteiger partial charge in [-0.15, -0.1) is 11.8 Å². The van der Waals surface area contributed by atoms with Crippen molar-refractivity contribution in [2.45, 2.75) is 35.8 Å². The van der Waals surface area contributed by atoms with Gasteiger partial charge in [0.05, 0.1) is 6.04 Å². The Hall–Kier alpha value is -3.47. The number of carbonyl (C=O) groups excluding carboxylic acids is 1. The van der Waals surface area contributed by atoms with Gasteiger partial charge in [0.1, 0.15) is 18.5 Å². The first-order valence-electron chi connectivity index (χ1n) is 10.7. The molecular weight excluding hydrogens is 486 g/mol. The number of nitrogens with zero attached hydrogens (tertiary/aromatic N) is 3. The van der Waals surface area contributed by atoms with E-state index in [0.29, 0.717) is 21.8 Å². The lowest BCUT2D eigenvalue weighted by Crippen LogP contribution is -2.60. The molecule has 2 atom stereocenters. The number of alkyl halides is 3. The smallest absolute Gasteiger partial charge is 0.408 e. The molecule has 182 valence electrons. The molecule has 0 bridgehead atoms. The van der Waals surface area contributed by atoms with Crippen molar-refractivity contribution in [3.63, 3.8) is 0 Å². The molecule has 0 aliphatic carbocycles. The third-order valence-electron chi connectivity index (χ3n) is 6.33. The van der Waals surface area contributed by atoms with Crippen LogP contribution < -0.4 is 10.4 Å². The van der Waals surface area contributed by atoms with Crippen LogP contribution in [0.15, 0.2) is 64.4 Å². The number of amides is 1. The number of aromatic hydroxyl groups is 1. The summed E-state index contributed by atoms with van der Waals surface area (Å²) in [5.41, 5.74) is 0.625. The number of halogens is 4. The zero-order valence-electron chi connectivity index (χ0n) is 18.3. The summed E-state index contributed by atoms with van der Waals surface area (Å²) in [6.45, 7) is 0.322. The van der Waals surface area contributed by atoms with Gasteiger partial charge in [-0.1, -0.05) is 24.3 Å². The first kappa shape index (κ1) is 23.3. The summed E-state index contributed by atoms with van der Waals surface area (Å²) in [6.07, 6.45) is -3.51. The summed E-state index contributed by atoms with van der Waals surface area (Å²) >= 11 is 1.46. The molecule has 1 aromatic heterocycles. The minimum Gasteiger partial charge on any atom is -0.502 e. The largest absolute Gasteiger partial charge is 0.502 e. The van der Waals surface area contributed by atoms with Crippen LogP contribution in [0.4, 0.5) is 17.6 Å². The van der Waals surface area contributed by atoms with E-state index in [1.165, 1.54) is 39.8 Å². The van der Waals surface area contributed by atoms with Gasteiger partial charge in [0.2, 0.25) is 5.43 Å². The Morgan fingerprint density at radius 3 is 2.57 bits per heavy atom. The predicted octanol–water partition coefficient (Wildman–Crippen LogP) is 4.39. The average molecular weight is 505 g/mol.